The summed E-state index contributed by atoms with van der Waals surface area (Å²) in [5.41, 5.74) is 1.99. The van der Waals surface area contributed by atoms with Crippen molar-refractivity contribution < 1.29 is 28.6 Å². The van der Waals surface area contributed by atoms with Crippen molar-refractivity contribution in [3.8, 4) is 22.1 Å². The number of hydrogen-bond donors (Lipinski definition) is 0. The van der Waals surface area contributed by atoms with Crippen LogP contribution >= 0.6 is 11.3 Å². The van der Waals surface area contributed by atoms with E-state index in [9.17, 15) is 14.4 Å². The minimum atomic E-state index is -0.684. The number of rotatable bonds is 8. The largest absolute Gasteiger partial charge is 0.493 e. The zero-order valence-corrected chi connectivity index (χ0v) is 18.3. The van der Waals surface area contributed by atoms with Crippen LogP contribution in [0.25, 0.3) is 10.6 Å². The Bertz CT molecular complexity index is 1150. The van der Waals surface area contributed by atoms with Crippen LogP contribution in [0.1, 0.15) is 33.3 Å². The Balaban J connectivity index is 1.37. The van der Waals surface area contributed by atoms with Crippen molar-refractivity contribution in [2.45, 2.75) is 13.5 Å². The highest BCUT2D eigenvalue weighted by Crippen LogP contribution is 2.34. The smallest absolute Gasteiger partial charge is 0.326 e. The number of aromatic nitrogens is 1. The van der Waals surface area contributed by atoms with Gasteiger partial charge in [-0.15, -0.1) is 11.3 Å². The summed E-state index contributed by atoms with van der Waals surface area (Å²) in [5.74, 6) is -0.422. The predicted octanol–water partition coefficient (Wildman–Crippen LogP) is 3.56. The standard InChI is InChI=1S/C23H20N2O6S/c1-3-30-18-9-8-14(10-19(18)29-2)21-24-15(13-32-21)12-31-20(26)11-25-22(27)16-6-4-5-7-17(16)23(25)28/h4-10,13H,3,11-12H2,1-2H3. The number of carbonyl (C=O) groups excluding carboxylic acids is 3. The summed E-state index contributed by atoms with van der Waals surface area (Å²) in [6.07, 6.45) is 0. The van der Waals surface area contributed by atoms with Gasteiger partial charge in [0.1, 0.15) is 18.2 Å². The van der Waals surface area contributed by atoms with E-state index < -0.39 is 24.3 Å². The SMILES string of the molecule is CCOc1ccc(-c2nc(COC(=O)CN3C(=O)c4ccccc4C3=O)cs2)cc1OC. The van der Waals surface area contributed by atoms with E-state index in [1.807, 2.05) is 25.1 Å². The van der Waals surface area contributed by atoms with Crippen LogP contribution in [-0.4, -0.2) is 47.9 Å². The number of methoxy groups -OCH3 is 1. The molecule has 8 nitrogen and oxygen atoms in total. The van der Waals surface area contributed by atoms with Gasteiger partial charge in [0.25, 0.3) is 11.8 Å². The fourth-order valence-corrected chi connectivity index (χ4v) is 4.09. The van der Waals surface area contributed by atoms with Crippen molar-refractivity contribution >= 4 is 29.1 Å². The Morgan fingerprint density at radius 1 is 1.06 bits per heavy atom. The molecule has 1 aliphatic heterocycles. The Morgan fingerprint density at radius 3 is 2.44 bits per heavy atom. The van der Waals surface area contributed by atoms with Crippen LogP contribution in [0.15, 0.2) is 47.8 Å². The maximum absolute atomic E-state index is 12.4. The van der Waals surface area contributed by atoms with Gasteiger partial charge in [0.15, 0.2) is 11.5 Å². The highest BCUT2D eigenvalue weighted by molar-refractivity contribution is 7.13. The molecule has 2 aromatic carbocycles. The third kappa shape index (κ3) is 4.19. The van der Waals surface area contributed by atoms with E-state index in [2.05, 4.69) is 4.98 Å². The van der Waals surface area contributed by atoms with Crippen LogP contribution in [0.3, 0.4) is 0 Å². The minimum absolute atomic E-state index is 0.0628. The third-order valence-electron chi connectivity index (χ3n) is 4.81. The van der Waals surface area contributed by atoms with Crippen molar-refractivity contribution in [2.75, 3.05) is 20.3 Å². The quantitative estimate of drug-likeness (QED) is 0.381. The molecule has 4 rings (SSSR count). The van der Waals surface area contributed by atoms with E-state index in [-0.39, 0.29) is 6.61 Å². The number of nitrogens with zero attached hydrogens (tertiary/aromatic N) is 2. The van der Waals surface area contributed by atoms with E-state index >= 15 is 0 Å². The lowest BCUT2D eigenvalue weighted by atomic mass is 10.1. The molecule has 1 aromatic heterocycles. The first-order valence-electron chi connectivity index (χ1n) is 9.88. The van der Waals surface area contributed by atoms with E-state index in [0.29, 0.717) is 34.9 Å². The average molecular weight is 452 g/mol. The predicted molar refractivity (Wildman–Crippen MR) is 117 cm³/mol. The fraction of sp³-hybridized carbons (Fsp3) is 0.217. The molecular formula is C23H20N2O6S. The number of imide groups is 1. The van der Waals surface area contributed by atoms with Gasteiger partial charge in [-0.25, -0.2) is 4.98 Å². The normalized spacial score (nSPS) is 12.6. The molecule has 0 aliphatic carbocycles. The van der Waals surface area contributed by atoms with Crippen LogP contribution in [0.4, 0.5) is 0 Å². The highest BCUT2D eigenvalue weighted by Gasteiger charge is 2.36. The Kier molecular flexibility index (Phi) is 6.18. The molecule has 0 saturated carbocycles. The number of amides is 2. The second-order valence-electron chi connectivity index (χ2n) is 6.85. The molecule has 9 heteroatoms. The molecule has 0 spiro atoms. The summed E-state index contributed by atoms with van der Waals surface area (Å²) in [6, 6.07) is 12.0. The van der Waals surface area contributed by atoms with E-state index in [4.69, 9.17) is 14.2 Å². The molecule has 0 unspecified atom stereocenters. The second kappa shape index (κ2) is 9.19. The summed E-state index contributed by atoms with van der Waals surface area (Å²) in [4.78, 5) is 42.4. The number of hydrogen-bond acceptors (Lipinski definition) is 8. The summed E-state index contributed by atoms with van der Waals surface area (Å²) in [6.45, 7) is 1.92. The molecule has 164 valence electrons. The van der Waals surface area contributed by atoms with Crippen LogP contribution < -0.4 is 9.47 Å². The molecule has 0 atom stereocenters. The van der Waals surface area contributed by atoms with Crippen LogP contribution in [0.2, 0.25) is 0 Å². The minimum Gasteiger partial charge on any atom is -0.493 e. The van der Waals surface area contributed by atoms with Crippen molar-refractivity contribution in [3.05, 3.63) is 64.7 Å². The average Bonchev–Trinajstić information content (AvgIpc) is 3.38. The van der Waals surface area contributed by atoms with Gasteiger partial charge in [-0.05, 0) is 37.3 Å². The molecule has 0 N–H and O–H groups in total. The van der Waals surface area contributed by atoms with E-state index in [1.54, 1.807) is 36.8 Å². The van der Waals surface area contributed by atoms with Crippen molar-refractivity contribution in [1.82, 2.24) is 9.88 Å². The van der Waals surface area contributed by atoms with Gasteiger partial charge in [0.05, 0.1) is 30.5 Å². The summed E-state index contributed by atoms with van der Waals surface area (Å²) < 4.78 is 16.1. The van der Waals surface area contributed by atoms with Gasteiger partial charge in [-0.3, -0.25) is 19.3 Å². The van der Waals surface area contributed by atoms with Crippen molar-refractivity contribution in [3.63, 3.8) is 0 Å². The van der Waals surface area contributed by atoms with Gasteiger partial charge in [-0.1, -0.05) is 12.1 Å². The summed E-state index contributed by atoms with van der Waals surface area (Å²) in [7, 11) is 1.57. The number of ether oxygens (including phenoxy) is 3. The first kappa shape index (κ1) is 21.5. The zero-order valence-electron chi connectivity index (χ0n) is 17.5. The van der Waals surface area contributed by atoms with Gasteiger partial charge >= 0.3 is 5.97 Å². The molecule has 2 amide bonds. The lowest BCUT2D eigenvalue weighted by Crippen LogP contribution is -2.35. The van der Waals surface area contributed by atoms with E-state index in [1.165, 1.54) is 11.3 Å². The first-order valence-corrected chi connectivity index (χ1v) is 10.8. The molecule has 0 radical (unpaired) electrons. The zero-order chi connectivity index (χ0) is 22.7. The molecule has 1 aliphatic rings. The Morgan fingerprint density at radius 2 is 1.78 bits per heavy atom. The monoisotopic (exact) mass is 452 g/mol. The van der Waals surface area contributed by atoms with Crippen LogP contribution in [0.5, 0.6) is 11.5 Å². The van der Waals surface area contributed by atoms with Gasteiger partial charge in [0.2, 0.25) is 0 Å². The fourth-order valence-electron chi connectivity index (χ4n) is 3.29. The second-order valence-corrected chi connectivity index (χ2v) is 7.70. The molecule has 32 heavy (non-hydrogen) atoms. The van der Waals surface area contributed by atoms with Gasteiger partial charge < -0.3 is 14.2 Å². The maximum atomic E-state index is 12.4. The van der Waals surface area contributed by atoms with Crippen molar-refractivity contribution in [1.29, 1.82) is 0 Å². The van der Waals surface area contributed by atoms with Crippen LogP contribution in [0, 0.1) is 0 Å². The molecule has 0 saturated heterocycles. The van der Waals surface area contributed by atoms with Crippen molar-refractivity contribution in [2.24, 2.45) is 0 Å². The Hall–Kier alpha value is -3.72. The third-order valence-corrected chi connectivity index (χ3v) is 5.75. The van der Waals surface area contributed by atoms with Crippen LogP contribution in [-0.2, 0) is 16.1 Å². The Labute approximate surface area is 188 Å². The first-order chi connectivity index (χ1) is 15.5. The molecular weight excluding hydrogens is 432 g/mol. The summed E-state index contributed by atoms with van der Waals surface area (Å²) >= 11 is 1.40. The number of esters is 1. The van der Waals surface area contributed by atoms with Gasteiger partial charge in [-0.2, -0.15) is 0 Å². The van der Waals surface area contributed by atoms with Gasteiger partial charge in [0, 0.05) is 10.9 Å². The van der Waals surface area contributed by atoms with E-state index in [0.717, 1.165) is 15.5 Å². The number of fused-ring (bicyclic) bond motifs is 1. The molecule has 0 fully saturated rings. The number of benzene rings is 2. The molecule has 3 aromatic rings. The summed E-state index contributed by atoms with van der Waals surface area (Å²) in [5, 5.41) is 2.52. The molecule has 2 heterocycles. The topological polar surface area (TPSA) is 95.0 Å². The maximum Gasteiger partial charge on any atom is 0.326 e. The number of carbonyl (C=O) groups is 3. The lowest BCUT2D eigenvalue weighted by molar-refractivity contribution is -0.145. The molecule has 0 bridgehead atoms. The lowest BCUT2D eigenvalue weighted by Gasteiger charge is -2.12. The number of thiazole rings is 1. The highest BCUT2D eigenvalue weighted by atomic mass is 32.1.